The normalized spacial score (nSPS) is 12.0. The largest absolute Gasteiger partial charge is 0.459 e. The van der Waals surface area contributed by atoms with E-state index in [0.29, 0.717) is 6.54 Å². The molecule has 3 aromatic heterocycles. The van der Waals surface area contributed by atoms with Crippen molar-refractivity contribution in [3.63, 3.8) is 0 Å². The molecule has 0 unspecified atom stereocenters. The molecule has 0 amide bonds. The lowest BCUT2D eigenvalue weighted by Gasteiger charge is -2.20. The van der Waals surface area contributed by atoms with E-state index < -0.39 is 0 Å². The van der Waals surface area contributed by atoms with Gasteiger partial charge in [0.25, 0.3) is 0 Å². The first kappa shape index (κ1) is 18.0. The van der Waals surface area contributed by atoms with Gasteiger partial charge in [-0.2, -0.15) is 0 Å². The van der Waals surface area contributed by atoms with Gasteiger partial charge in [-0.15, -0.1) is 10.2 Å². The van der Waals surface area contributed by atoms with E-state index in [2.05, 4.69) is 37.5 Å². The molecule has 0 aliphatic heterocycles. The first-order chi connectivity index (χ1) is 13.7. The summed E-state index contributed by atoms with van der Waals surface area (Å²) in [6.07, 6.45) is 3.79. The van der Waals surface area contributed by atoms with Crippen LogP contribution in [0.15, 0.2) is 64.1 Å². The van der Waals surface area contributed by atoms with E-state index in [1.54, 1.807) is 7.05 Å². The van der Waals surface area contributed by atoms with Crippen molar-refractivity contribution in [3.05, 3.63) is 66.3 Å². The zero-order valence-electron chi connectivity index (χ0n) is 16.2. The van der Waals surface area contributed by atoms with Crippen LogP contribution in [0.1, 0.15) is 18.0 Å². The Kier molecular flexibility index (Phi) is 5.23. The van der Waals surface area contributed by atoms with Crippen LogP contribution in [0.2, 0.25) is 0 Å². The number of aryl methyl sites for hydroxylation is 1. The highest BCUT2D eigenvalue weighted by Gasteiger charge is 2.10. The average Bonchev–Trinajstić information content (AvgIpc) is 3.31. The lowest BCUT2D eigenvalue weighted by atomic mass is 10.2. The van der Waals surface area contributed by atoms with Crippen molar-refractivity contribution in [3.8, 4) is 0 Å². The molecule has 0 radical (unpaired) electrons. The fourth-order valence-corrected chi connectivity index (χ4v) is 3.32. The summed E-state index contributed by atoms with van der Waals surface area (Å²) < 4.78 is 7.94. The number of pyridine rings is 1. The topological polar surface area (TPSA) is 71.0 Å². The summed E-state index contributed by atoms with van der Waals surface area (Å²) in [5, 5.41) is 13.0. The molecule has 28 heavy (non-hydrogen) atoms. The maximum absolute atomic E-state index is 5.91. The number of fused-ring (bicyclic) bond motifs is 2. The Hall–Kier alpha value is -3.35. The lowest BCUT2D eigenvalue weighted by molar-refractivity contribution is 0.412. The number of hydrogen-bond acceptors (Lipinski definition) is 4. The summed E-state index contributed by atoms with van der Waals surface area (Å²) in [5.74, 6) is 2.73. The third-order valence-corrected chi connectivity index (χ3v) is 4.69. The highest BCUT2D eigenvalue weighted by Crippen LogP contribution is 2.19. The van der Waals surface area contributed by atoms with E-state index >= 15 is 0 Å². The van der Waals surface area contributed by atoms with Gasteiger partial charge in [-0.1, -0.05) is 24.3 Å². The minimum atomic E-state index is 0.656. The first-order valence-corrected chi connectivity index (χ1v) is 9.42. The SMILES string of the molecule is CN=C(NCCCc1nnc2ccccn12)N(C)Cc1cc2ccccc2o1. The second-order valence-corrected chi connectivity index (χ2v) is 6.73. The lowest BCUT2D eigenvalue weighted by Crippen LogP contribution is -2.38. The molecule has 4 rings (SSSR count). The molecular formula is C21H24N6O. The van der Waals surface area contributed by atoms with Gasteiger partial charge in [0.15, 0.2) is 11.6 Å². The monoisotopic (exact) mass is 376 g/mol. The Bertz CT molecular complexity index is 1060. The van der Waals surface area contributed by atoms with Crippen LogP contribution in [0.4, 0.5) is 0 Å². The van der Waals surface area contributed by atoms with E-state index in [-0.39, 0.29) is 0 Å². The smallest absolute Gasteiger partial charge is 0.193 e. The summed E-state index contributed by atoms with van der Waals surface area (Å²) >= 11 is 0. The molecule has 1 aromatic carbocycles. The molecule has 0 spiro atoms. The molecule has 3 heterocycles. The average molecular weight is 376 g/mol. The van der Waals surface area contributed by atoms with Gasteiger partial charge in [0.1, 0.15) is 17.2 Å². The van der Waals surface area contributed by atoms with Crippen molar-refractivity contribution in [2.75, 3.05) is 20.6 Å². The minimum Gasteiger partial charge on any atom is -0.459 e. The minimum absolute atomic E-state index is 0.656. The van der Waals surface area contributed by atoms with Gasteiger partial charge in [-0.05, 0) is 30.7 Å². The van der Waals surface area contributed by atoms with E-state index in [1.807, 2.05) is 54.0 Å². The Morgan fingerprint density at radius 1 is 1.18 bits per heavy atom. The number of furan rings is 1. The summed E-state index contributed by atoms with van der Waals surface area (Å²) in [6.45, 7) is 1.46. The van der Waals surface area contributed by atoms with E-state index in [4.69, 9.17) is 4.42 Å². The van der Waals surface area contributed by atoms with Gasteiger partial charge in [0.2, 0.25) is 0 Å². The fourth-order valence-electron chi connectivity index (χ4n) is 3.32. The van der Waals surface area contributed by atoms with Crippen molar-refractivity contribution in [2.45, 2.75) is 19.4 Å². The molecule has 0 aliphatic carbocycles. The third kappa shape index (κ3) is 3.83. The van der Waals surface area contributed by atoms with Gasteiger partial charge in [-0.25, -0.2) is 0 Å². The third-order valence-electron chi connectivity index (χ3n) is 4.69. The van der Waals surface area contributed by atoms with Gasteiger partial charge >= 0.3 is 0 Å². The number of hydrogen-bond donors (Lipinski definition) is 1. The Morgan fingerprint density at radius 2 is 2.04 bits per heavy atom. The first-order valence-electron chi connectivity index (χ1n) is 9.42. The van der Waals surface area contributed by atoms with Crippen LogP contribution in [0.3, 0.4) is 0 Å². The van der Waals surface area contributed by atoms with Crippen molar-refractivity contribution in [1.29, 1.82) is 0 Å². The van der Waals surface area contributed by atoms with Crippen LogP contribution in [-0.4, -0.2) is 46.1 Å². The molecular weight excluding hydrogens is 352 g/mol. The highest BCUT2D eigenvalue weighted by atomic mass is 16.3. The van der Waals surface area contributed by atoms with Crippen molar-refractivity contribution >= 4 is 22.6 Å². The van der Waals surface area contributed by atoms with Crippen LogP contribution in [0.25, 0.3) is 16.6 Å². The molecule has 0 fully saturated rings. The number of guanidine groups is 1. The van der Waals surface area contributed by atoms with Crippen LogP contribution in [-0.2, 0) is 13.0 Å². The predicted octanol–water partition coefficient (Wildman–Crippen LogP) is 3.12. The molecule has 7 nitrogen and oxygen atoms in total. The molecule has 144 valence electrons. The highest BCUT2D eigenvalue weighted by molar-refractivity contribution is 5.80. The maximum Gasteiger partial charge on any atom is 0.193 e. The summed E-state index contributed by atoms with van der Waals surface area (Å²) in [5.41, 5.74) is 1.79. The molecule has 0 aliphatic rings. The zero-order chi connectivity index (χ0) is 19.3. The van der Waals surface area contributed by atoms with E-state index in [9.17, 15) is 0 Å². The summed E-state index contributed by atoms with van der Waals surface area (Å²) in [7, 11) is 3.80. The van der Waals surface area contributed by atoms with Gasteiger partial charge in [0.05, 0.1) is 6.54 Å². The maximum atomic E-state index is 5.91. The second-order valence-electron chi connectivity index (χ2n) is 6.73. The summed E-state index contributed by atoms with van der Waals surface area (Å²) in [6, 6.07) is 16.1. The number of para-hydroxylation sites is 1. The molecule has 1 N–H and O–H groups in total. The number of aromatic nitrogens is 3. The standard InChI is InChI=1S/C21H24N6O/c1-22-21(26(2)15-17-14-16-8-3-4-9-18(16)28-17)23-12-7-11-20-25-24-19-10-5-6-13-27(19)20/h3-6,8-10,13-14H,7,11-12,15H2,1-2H3,(H,22,23). The molecule has 0 saturated heterocycles. The van der Waals surface area contributed by atoms with Crippen LogP contribution in [0.5, 0.6) is 0 Å². The number of nitrogens with zero attached hydrogens (tertiary/aromatic N) is 5. The number of aliphatic imine (C=N–C) groups is 1. The number of nitrogens with one attached hydrogen (secondary N) is 1. The van der Waals surface area contributed by atoms with Crippen molar-refractivity contribution < 1.29 is 4.42 Å². The molecule has 0 saturated carbocycles. The summed E-state index contributed by atoms with van der Waals surface area (Å²) in [4.78, 5) is 6.44. The molecule has 4 aromatic rings. The Balaban J connectivity index is 1.30. The number of benzene rings is 1. The molecule has 7 heteroatoms. The van der Waals surface area contributed by atoms with Crippen LogP contribution >= 0.6 is 0 Å². The van der Waals surface area contributed by atoms with Gasteiger partial charge < -0.3 is 14.6 Å². The quantitative estimate of drug-likeness (QED) is 0.318. The van der Waals surface area contributed by atoms with E-state index in [1.165, 1.54) is 0 Å². The molecule has 0 atom stereocenters. The Morgan fingerprint density at radius 3 is 2.89 bits per heavy atom. The van der Waals surface area contributed by atoms with Gasteiger partial charge in [0, 0.05) is 38.6 Å². The van der Waals surface area contributed by atoms with Crippen molar-refractivity contribution in [2.24, 2.45) is 4.99 Å². The molecule has 0 bridgehead atoms. The second kappa shape index (κ2) is 8.12. The van der Waals surface area contributed by atoms with E-state index in [0.717, 1.165) is 53.5 Å². The van der Waals surface area contributed by atoms with Crippen molar-refractivity contribution in [1.82, 2.24) is 24.8 Å². The zero-order valence-corrected chi connectivity index (χ0v) is 16.2. The Labute approximate surface area is 163 Å². The van der Waals surface area contributed by atoms with Gasteiger partial charge in [-0.3, -0.25) is 9.39 Å². The van der Waals surface area contributed by atoms with Crippen LogP contribution < -0.4 is 5.32 Å². The van der Waals surface area contributed by atoms with Crippen LogP contribution in [0, 0.1) is 0 Å². The number of rotatable bonds is 6. The fraction of sp³-hybridized carbons (Fsp3) is 0.286. The predicted molar refractivity (Wildman–Crippen MR) is 110 cm³/mol.